The fourth-order valence-electron chi connectivity index (χ4n) is 0.807. The smallest absolute Gasteiger partial charge is 0.235 e. The Morgan fingerprint density at radius 1 is 1.36 bits per heavy atom. The van der Waals surface area contributed by atoms with E-state index in [-0.39, 0.29) is 10.6 Å². The topological polar surface area (TPSA) is 43.1 Å². The van der Waals surface area contributed by atoms with Crippen LogP contribution in [0.2, 0.25) is 5.02 Å². The van der Waals surface area contributed by atoms with Gasteiger partial charge in [-0.25, -0.2) is 8.78 Å². The molecule has 0 aliphatic heterocycles. The summed E-state index contributed by atoms with van der Waals surface area (Å²) in [4.78, 5) is 9.22. The van der Waals surface area contributed by atoms with E-state index in [4.69, 9.17) is 11.6 Å². The molecule has 1 aromatic rings. The summed E-state index contributed by atoms with van der Waals surface area (Å²) in [5, 5.41) is 9.86. The van der Waals surface area contributed by atoms with Crippen molar-refractivity contribution >= 4 is 17.7 Å². The quantitative estimate of drug-likeness (QED) is 0.436. The predicted octanol–water partition coefficient (Wildman–Crippen LogP) is 2.87. The van der Waals surface area contributed by atoms with Gasteiger partial charge >= 0.3 is 0 Å². The van der Waals surface area contributed by atoms with Crippen molar-refractivity contribution in [3.8, 4) is 0 Å². The van der Waals surface area contributed by atoms with Crippen LogP contribution in [0.1, 0.15) is 5.56 Å². The van der Waals surface area contributed by atoms with Crippen LogP contribution in [0.5, 0.6) is 0 Å². The highest BCUT2D eigenvalue weighted by Crippen LogP contribution is 2.21. The lowest BCUT2D eigenvalue weighted by atomic mass is 10.2. The van der Waals surface area contributed by atoms with Crippen LogP contribution in [-0.4, -0.2) is 4.92 Å². The monoisotopic (exact) mass is 219 g/mol. The molecule has 0 spiro atoms. The summed E-state index contributed by atoms with van der Waals surface area (Å²) in [6, 6.07) is 1.55. The SMILES string of the molecule is O=[N+]([O-])/C=C/c1cc(F)c(F)cc1Cl. The van der Waals surface area contributed by atoms with Crippen molar-refractivity contribution in [3.05, 3.63) is 50.7 Å². The lowest BCUT2D eigenvalue weighted by Gasteiger charge is -1.98. The lowest BCUT2D eigenvalue weighted by molar-refractivity contribution is -0.400. The molecule has 1 rings (SSSR count). The van der Waals surface area contributed by atoms with Gasteiger partial charge in [0.15, 0.2) is 11.6 Å². The Balaban J connectivity index is 3.10. The molecule has 0 unspecified atom stereocenters. The third kappa shape index (κ3) is 2.50. The third-order valence-corrected chi connectivity index (χ3v) is 1.74. The van der Waals surface area contributed by atoms with E-state index in [0.29, 0.717) is 6.20 Å². The van der Waals surface area contributed by atoms with Crippen molar-refractivity contribution < 1.29 is 13.7 Å². The minimum absolute atomic E-state index is 0.0577. The molecule has 0 amide bonds. The van der Waals surface area contributed by atoms with Crippen LogP contribution in [0.3, 0.4) is 0 Å². The molecule has 74 valence electrons. The minimum atomic E-state index is -1.10. The first kappa shape index (κ1) is 10.6. The highest BCUT2D eigenvalue weighted by Gasteiger charge is 2.06. The van der Waals surface area contributed by atoms with Crippen LogP contribution in [0.4, 0.5) is 8.78 Å². The van der Waals surface area contributed by atoms with Crippen molar-refractivity contribution in [2.24, 2.45) is 0 Å². The summed E-state index contributed by atoms with van der Waals surface area (Å²) >= 11 is 5.50. The number of nitro groups is 1. The molecule has 0 heterocycles. The number of nitrogens with zero attached hydrogens (tertiary/aromatic N) is 1. The third-order valence-electron chi connectivity index (χ3n) is 1.42. The molecule has 0 N–H and O–H groups in total. The molecule has 0 aliphatic rings. The van der Waals surface area contributed by atoms with Gasteiger partial charge in [-0.15, -0.1) is 0 Å². The molecule has 14 heavy (non-hydrogen) atoms. The summed E-state index contributed by atoms with van der Waals surface area (Å²) in [5.74, 6) is -2.19. The molecule has 0 atom stereocenters. The number of rotatable bonds is 2. The zero-order chi connectivity index (χ0) is 10.7. The van der Waals surface area contributed by atoms with Crippen molar-refractivity contribution in [2.45, 2.75) is 0 Å². The molecule has 6 heteroatoms. The zero-order valence-electron chi connectivity index (χ0n) is 6.71. The Labute approximate surface area is 82.8 Å². The molecule has 0 saturated carbocycles. The van der Waals surface area contributed by atoms with E-state index in [0.717, 1.165) is 18.2 Å². The van der Waals surface area contributed by atoms with E-state index in [9.17, 15) is 18.9 Å². The first-order chi connectivity index (χ1) is 6.50. The average Bonchev–Trinajstić information content (AvgIpc) is 2.09. The van der Waals surface area contributed by atoms with E-state index in [2.05, 4.69) is 0 Å². The van der Waals surface area contributed by atoms with Gasteiger partial charge < -0.3 is 0 Å². The van der Waals surface area contributed by atoms with Gasteiger partial charge in [0.1, 0.15) is 0 Å². The van der Waals surface area contributed by atoms with Gasteiger partial charge in [0.25, 0.3) is 0 Å². The number of benzene rings is 1. The van der Waals surface area contributed by atoms with Crippen LogP contribution in [0.25, 0.3) is 6.08 Å². The zero-order valence-corrected chi connectivity index (χ0v) is 7.46. The molecule has 1 aromatic carbocycles. The number of hydrogen-bond donors (Lipinski definition) is 0. The fraction of sp³-hybridized carbons (Fsp3) is 0. The standard InChI is InChI=1S/C8H4ClF2NO2/c9-6-4-8(11)7(10)3-5(6)1-2-12(13)14/h1-4H/b2-1+. The maximum atomic E-state index is 12.6. The van der Waals surface area contributed by atoms with Crippen LogP contribution < -0.4 is 0 Å². The Kier molecular flexibility index (Phi) is 3.14. The highest BCUT2D eigenvalue weighted by atomic mass is 35.5. The van der Waals surface area contributed by atoms with E-state index >= 15 is 0 Å². The Bertz CT molecular complexity index is 407. The van der Waals surface area contributed by atoms with Gasteiger partial charge in [-0.1, -0.05) is 11.6 Å². The van der Waals surface area contributed by atoms with Gasteiger partial charge in [0, 0.05) is 11.6 Å². The first-order valence-electron chi connectivity index (χ1n) is 3.47. The van der Waals surface area contributed by atoms with Crippen molar-refractivity contribution in [1.29, 1.82) is 0 Å². The van der Waals surface area contributed by atoms with Gasteiger partial charge in [-0.05, 0) is 12.1 Å². The molecule has 0 radical (unpaired) electrons. The summed E-state index contributed by atoms with van der Waals surface area (Å²) in [5.41, 5.74) is 0.0577. The fourth-order valence-corrected chi connectivity index (χ4v) is 1.02. The highest BCUT2D eigenvalue weighted by molar-refractivity contribution is 6.32. The van der Waals surface area contributed by atoms with Crippen molar-refractivity contribution in [3.63, 3.8) is 0 Å². The van der Waals surface area contributed by atoms with Gasteiger partial charge in [0.05, 0.1) is 9.95 Å². The van der Waals surface area contributed by atoms with Crippen LogP contribution in [0.15, 0.2) is 18.3 Å². The van der Waals surface area contributed by atoms with E-state index < -0.39 is 16.6 Å². The average molecular weight is 220 g/mol. The number of hydrogen-bond acceptors (Lipinski definition) is 2. The summed E-state index contributed by atoms with van der Waals surface area (Å²) in [6.07, 6.45) is 1.59. The van der Waals surface area contributed by atoms with E-state index in [1.165, 1.54) is 0 Å². The molecular formula is C8H4ClF2NO2. The van der Waals surface area contributed by atoms with Gasteiger partial charge in [-0.3, -0.25) is 10.1 Å². The summed E-state index contributed by atoms with van der Waals surface area (Å²) in [7, 11) is 0. The van der Waals surface area contributed by atoms with Crippen molar-refractivity contribution in [1.82, 2.24) is 0 Å². The second-order valence-corrected chi connectivity index (χ2v) is 2.80. The molecular weight excluding hydrogens is 216 g/mol. The predicted molar refractivity (Wildman–Crippen MR) is 47.4 cm³/mol. The van der Waals surface area contributed by atoms with E-state index in [1.54, 1.807) is 0 Å². The summed E-state index contributed by atoms with van der Waals surface area (Å²) in [6.45, 7) is 0. The Morgan fingerprint density at radius 3 is 2.50 bits per heavy atom. The minimum Gasteiger partial charge on any atom is -0.259 e. The second-order valence-electron chi connectivity index (χ2n) is 2.39. The second kappa shape index (κ2) is 4.15. The first-order valence-corrected chi connectivity index (χ1v) is 3.84. The molecule has 0 aromatic heterocycles. The maximum Gasteiger partial charge on any atom is 0.235 e. The van der Waals surface area contributed by atoms with Gasteiger partial charge in [0.2, 0.25) is 6.20 Å². The Hall–Kier alpha value is -1.49. The van der Waals surface area contributed by atoms with Crippen LogP contribution >= 0.6 is 11.6 Å². The van der Waals surface area contributed by atoms with E-state index in [1.807, 2.05) is 0 Å². The largest absolute Gasteiger partial charge is 0.259 e. The molecule has 0 saturated heterocycles. The molecule has 0 fully saturated rings. The maximum absolute atomic E-state index is 12.6. The van der Waals surface area contributed by atoms with Crippen molar-refractivity contribution in [2.75, 3.05) is 0 Å². The normalized spacial score (nSPS) is 10.8. The molecule has 3 nitrogen and oxygen atoms in total. The van der Waals surface area contributed by atoms with Crippen LogP contribution in [-0.2, 0) is 0 Å². The van der Waals surface area contributed by atoms with Gasteiger partial charge in [-0.2, -0.15) is 0 Å². The summed E-state index contributed by atoms with van der Waals surface area (Å²) < 4.78 is 25.2. The number of halogens is 3. The molecule has 0 bridgehead atoms. The Morgan fingerprint density at radius 2 is 1.93 bits per heavy atom. The lowest BCUT2D eigenvalue weighted by Crippen LogP contribution is -1.88. The molecule has 0 aliphatic carbocycles. The van der Waals surface area contributed by atoms with Crippen LogP contribution in [0, 0.1) is 21.7 Å².